The lowest BCUT2D eigenvalue weighted by Gasteiger charge is -2.01. The zero-order valence-corrected chi connectivity index (χ0v) is 14.6. The Balaban J connectivity index is 1.76. The molecule has 0 saturated heterocycles. The lowest BCUT2D eigenvalue weighted by molar-refractivity contribution is 0.177. The summed E-state index contributed by atoms with van der Waals surface area (Å²) in [4.78, 5) is 4.19. The van der Waals surface area contributed by atoms with Crippen LogP contribution in [0.1, 0.15) is 22.6 Å². The molecule has 0 unspecified atom stereocenters. The number of rotatable bonds is 7. The van der Waals surface area contributed by atoms with Gasteiger partial charge in [-0.05, 0) is 18.6 Å². The molecule has 2 aromatic heterocycles. The topological polar surface area (TPSA) is 108 Å². The minimum absolute atomic E-state index is 0.114. The molecule has 8 nitrogen and oxygen atoms in total. The van der Waals surface area contributed by atoms with Gasteiger partial charge in [0.2, 0.25) is 0 Å². The Bertz CT molecular complexity index is 962. The summed E-state index contributed by atoms with van der Waals surface area (Å²) in [5.41, 5.74) is 2.67. The van der Waals surface area contributed by atoms with Crippen molar-refractivity contribution in [3.8, 4) is 11.5 Å². The van der Waals surface area contributed by atoms with E-state index in [1.807, 2.05) is 31.2 Å². The van der Waals surface area contributed by atoms with Crippen molar-refractivity contribution in [2.75, 3.05) is 7.11 Å². The third-order valence-electron chi connectivity index (χ3n) is 3.58. The zero-order valence-electron chi connectivity index (χ0n) is 13.8. The molecule has 0 aliphatic rings. The third kappa shape index (κ3) is 4.12. The first-order valence-corrected chi connectivity index (χ1v) is 9.31. The molecule has 0 fully saturated rings. The van der Waals surface area contributed by atoms with E-state index in [0.29, 0.717) is 17.1 Å². The number of methoxy groups -OCH3 is 1. The summed E-state index contributed by atoms with van der Waals surface area (Å²) in [6.45, 7) is 2.10. The van der Waals surface area contributed by atoms with Gasteiger partial charge in [0.05, 0.1) is 12.4 Å². The molecular formula is C16H17N3O5S. The normalized spacial score (nSPS) is 11.8. The number of hydrogen-bond donors (Lipinski definition) is 0. The van der Waals surface area contributed by atoms with Crippen molar-refractivity contribution in [1.29, 1.82) is 0 Å². The minimum atomic E-state index is -3.52. The average Bonchev–Trinajstić information content (AvgIpc) is 3.17. The predicted molar refractivity (Wildman–Crippen MR) is 88.0 cm³/mol. The van der Waals surface area contributed by atoms with Crippen LogP contribution in [0.15, 0.2) is 39.6 Å². The van der Waals surface area contributed by atoms with E-state index in [-0.39, 0.29) is 23.9 Å². The fourth-order valence-corrected chi connectivity index (χ4v) is 3.69. The highest BCUT2D eigenvalue weighted by Gasteiger charge is 2.21. The fourth-order valence-electron chi connectivity index (χ4n) is 2.37. The van der Waals surface area contributed by atoms with Crippen molar-refractivity contribution >= 4 is 9.84 Å². The molecule has 3 aromatic rings. The van der Waals surface area contributed by atoms with Crippen molar-refractivity contribution in [3.63, 3.8) is 0 Å². The van der Waals surface area contributed by atoms with Crippen LogP contribution in [0.25, 0.3) is 11.5 Å². The summed E-state index contributed by atoms with van der Waals surface area (Å²) in [5.74, 6) is -0.153. The van der Waals surface area contributed by atoms with E-state index in [1.165, 1.54) is 13.4 Å². The van der Waals surface area contributed by atoms with Crippen LogP contribution >= 0.6 is 0 Å². The van der Waals surface area contributed by atoms with Crippen LogP contribution in [0.5, 0.6) is 0 Å². The smallest absolute Gasteiger partial charge is 0.258 e. The summed E-state index contributed by atoms with van der Waals surface area (Å²) < 4.78 is 39.8. The predicted octanol–water partition coefficient (Wildman–Crippen LogP) is 2.29. The summed E-state index contributed by atoms with van der Waals surface area (Å²) >= 11 is 0. The number of aryl methyl sites for hydroxylation is 1. The fraction of sp³-hybridized carbons (Fsp3) is 0.312. The molecule has 0 amide bonds. The van der Waals surface area contributed by atoms with E-state index in [1.54, 1.807) is 0 Å². The molecule has 0 bridgehead atoms. The lowest BCUT2D eigenvalue weighted by atomic mass is 10.1. The number of aromatic nitrogens is 3. The first-order chi connectivity index (χ1) is 12.0. The van der Waals surface area contributed by atoms with Gasteiger partial charge in [0.15, 0.2) is 15.7 Å². The second-order valence-corrected chi connectivity index (χ2v) is 7.65. The van der Waals surface area contributed by atoms with Crippen LogP contribution in [-0.2, 0) is 32.7 Å². The van der Waals surface area contributed by atoms with Gasteiger partial charge in [0.1, 0.15) is 17.7 Å². The van der Waals surface area contributed by atoms with Crippen LogP contribution in [0, 0.1) is 6.92 Å². The number of ether oxygens (including phenoxy) is 1. The van der Waals surface area contributed by atoms with Crippen LogP contribution in [0.3, 0.4) is 0 Å². The van der Waals surface area contributed by atoms with Crippen molar-refractivity contribution in [3.05, 3.63) is 53.2 Å². The minimum Gasteiger partial charge on any atom is -0.378 e. The van der Waals surface area contributed by atoms with Crippen LogP contribution in [0.2, 0.25) is 0 Å². The SMILES string of the molecule is COCc1nocc1CS(=O)(=O)Cc1noc(-c2ccccc2C)n1. The van der Waals surface area contributed by atoms with Crippen molar-refractivity contribution in [2.45, 2.75) is 25.0 Å². The van der Waals surface area contributed by atoms with Crippen molar-refractivity contribution in [2.24, 2.45) is 0 Å². The molecule has 3 rings (SSSR count). The maximum atomic E-state index is 12.4. The Morgan fingerprint density at radius 3 is 2.72 bits per heavy atom. The van der Waals surface area contributed by atoms with Gasteiger partial charge in [0, 0.05) is 18.2 Å². The van der Waals surface area contributed by atoms with Gasteiger partial charge < -0.3 is 13.8 Å². The first kappa shape index (κ1) is 17.3. The maximum absolute atomic E-state index is 12.4. The van der Waals surface area contributed by atoms with E-state index in [2.05, 4.69) is 15.3 Å². The zero-order chi connectivity index (χ0) is 17.9. The van der Waals surface area contributed by atoms with E-state index in [0.717, 1.165) is 11.1 Å². The molecule has 0 aliphatic carbocycles. The van der Waals surface area contributed by atoms with Gasteiger partial charge in [0.25, 0.3) is 5.89 Å². The van der Waals surface area contributed by atoms with Gasteiger partial charge in [-0.25, -0.2) is 8.42 Å². The van der Waals surface area contributed by atoms with Gasteiger partial charge in [-0.2, -0.15) is 4.98 Å². The molecule has 0 radical (unpaired) electrons. The highest BCUT2D eigenvalue weighted by atomic mass is 32.2. The molecule has 0 spiro atoms. The lowest BCUT2D eigenvalue weighted by Crippen LogP contribution is -2.10. The van der Waals surface area contributed by atoms with Crippen LogP contribution < -0.4 is 0 Å². The second kappa shape index (κ2) is 7.16. The largest absolute Gasteiger partial charge is 0.378 e. The molecule has 1 aromatic carbocycles. The first-order valence-electron chi connectivity index (χ1n) is 7.48. The molecule has 9 heteroatoms. The van der Waals surface area contributed by atoms with Crippen molar-refractivity contribution in [1.82, 2.24) is 15.3 Å². The Morgan fingerprint density at radius 1 is 1.16 bits per heavy atom. The summed E-state index contributed by atoms with van der Waals surface area (Å²) in [6.07, 6.45) is 1.31. The quantitative estimate of drug-likeness (QED) is 0.629. The summed E-state index contributed by atoms with van der Waals surface area (Å²) in [7, 11) is -2.02. The Labute approximate surface area is 144 Å². The third-order valence-corrected chi connectivity index (χ3v) is 5.03. The maximum Gasteiger partial charge on any atom is 0.258 e. The number of hydrogen-bond acceptors (Lipinski definition) is 8. The molecule has 132 valence electrons. The standard InChI is InChI=1S/C16H17N3O5S/c1-11-5-3-4-6-13(11)16-17-15(19-24-16)10-25(20,21)9-12-7-23-18-14(12)8-22-2/h3-7H,8-10H2,1-2H3. The number of sulfone groups is 1. The molecule has 0 atom stereocenters. The van der Waals surface area contributed by atoms with Gasteiger partial charge in [-0.3, -0.25) is 0 Å². The Hall–Kier alpha value is -2.52. The Morgan fingerprint density at radius 2 is 1.96 bits per heavy atom. The molecule has 0 N–H and O–H groups in total. The van der Waals surface area contributed by atoms with Crippen molar-refractivity contribution < 1.29 is 22.2 Å². The van der Waals surface area contributed by atoms with E-state index in [4.69, 9.17) is 13.8 Å². The summed E-state index contributed by atoms with van der Waals surface area (Å²) in [6, 6.07) is 7.51. The molecule has 0 saturated carbocycles. The van der Waals surface area contributed by atoms with Gasteiger partial charge >= 0.3 is 0 Å². The van der Waals surface area contributed by atoms with E-state index < -0.39 is 9.84 Å². The highest BCUT2D eigenvalue weighted by Crippen LogP contribution is 2.22. The van der Waals surface area contributed by atoms with E-state index >= 15 is 0 Å². The molecule has 2 heterocycles. The summed E-state index contributed by atoms with van der Waals surface area (Å²) in [5, 5.41) is 7.51. The van der Waals surface area contributed by atoms with Gasteiger partial charge in [-0.15, -0.1) is 0 Å². The average molecular weight is 363 g/mol. The van der Waals surface area contributed by atoms with E-state index in [9.17, 15) is 8.42 Å². The molecule has 25 heavy (non-hydrogen) atoms. The highest BCUT2D eigenvalue weighted by molar-refractivity contribution is 7.89. The monoisotopic (exact) mass is 363 g/mol. The second-order valence-electron chi connectivity index (χ2n) is 5.58. The van der Waals surface area contributed by atoms with Crippen LogP contribution in [-0.4, -0.2) is 30.8 Å². The molecular weight excluding hydrogens is 346 g/mol. The van der Waals surface area contributed by atoms with Gasteiger partial charge in [-0.1, -0.05) is 28.5 Å². The number of benzene rings is 1. The molecule has 0 aliphatic heterocycles. The number of nitrogens with zero attached hydrogens (tertiary/aromatic N) is 3. The van der Waals surface area contributed by atoms with Crippen LogP contribution in [0.4, 0.5) is 0 Å². The Kier molecular flexibility index (Phi) is 4.95.